The molecule has 0 aliphatic heterocycles. The second-order valence-electron chi connectivity index (χ2n) is 3.91. The average molecular weight is 266 g/mol. The van der Waals surface area contributed by atoms with Gasteiger partial charge in [0.15, 0.2) is 0 Å². The topological polar surface area (TPSA) is 72.1 Å². The SMILES string of the molecule is COCCCCSC1=CC(=O)c2[nH]ncc2C1=O. The monoisotopic (exact) mass is 266 g/mol. The van der Waals surface area contributed by atoms with E-state index >= 15 is 0 Å². The summed E-state index contributed by atoms with van der Waals surface area (Å²) in [5.41, 5.74) is 0.672. The number of rotatable bonds is 6. The molecule has 6 heteroatoms. The van der Waals surface area contributed by atoms with E-state index in [9.17, 15) is 9.59 Å². The highest BCUT2D eigenvalue weighted by Gasteiger charge is 2.27. The minimum atomic E-state index is -0.179. The predicted molar refractivity (Wildman–Crippen MR) is 68.9 cm³/mol. The summed E-state index contributed by atoms with van der Waals surface area (Å²) in [4.78, 5) is 24.2. The normalized spacial score (nSPS) is 14.6. The van der Waals surface area contributed by atoms with Gasteiger partial charge in [0.2, 0.25) is 11.6 Å². The Hall–Kier alpha value is -1.40. The lowest BCUT2D eigenvalue weighted by Crippen LogP contribution is -2.14. The first-order valence-corrected chi connectivity index (χ1v) is 6.68. The highest BCUT2D eigenvalue weighted by atomic mass is 32.2. The maximum Gasteiger partial charge on any atom is 0.205 e. The lowest BCUT2D eigenvalue weighted by atomic mass is 10.0. The first kappa shape index (κ1) is 13.0. The molecule has 0 saturated heterocycles. The first-order valence-electron chi connectivity index (χ1n) is 5.70. The molecule has 96 valence electrons. The van der Waals surface area contributed by atoms with Gasteiger partial charge in [0, 0.05) is 19.8 Å². The molecule has 5 nitrogen and oxygen atoms in total. The number of aromatic nitrogens is 2. The Balaban J connectivity index is 1.94. The number of Topliss-reactive ketones (excluding diaryl/α,β-unsaturated/α-hetero) is 1. The fraction of sp³-hybridized carbons (Fsp3) is 0.417. The first-order chi connectivity index (χ1) is 8.74. The van der Waals surface area contributed by atoms with Crippen molar-refractivity contribution >= 4 is 23.3 Å². The third kappa shape index (κ3) is 2.70. The van der Waals surface area contributed by atoms with Crippen LogP contribution in [0.4, 0.5) is 0 Å². The molecule has 0 radical (unpaired) electrons. The van der Waals surface area contributed by atoms with Gasteiger partial charge in [-0.3, -0.25) is 14.7 Å². The van der Waals surface area contributed by atoms with Crippen molar-refractivity contribution in [2.75, 3.05) is 19.5 Å². The Morgan fingerprint density at radius 3 is 3.00 bits per heavy atom. The van der Waals surface area contributed by atoms with Crippen molar-refractivity contribution in [3.63, 3.8) is 0 Å². The molecule has 0 aromatic carbocycles. The number of thioether (sulfide) groups is 1. The number of ether oxygens (including phenoxy) is 1. The van der Waals surface area contributed by atoms with E-state index in [1.165, 1.54) is 24.0 Å². The third-order valence-electron chi connectivity index (χ3n) is 2.62. The number of aromatic amines is 1. The van der Waals surface area contributed by atoms with E-state index in [1.807, 2.05) is 0 Å². The van der Waals surface area contributed by atoms with E-state index in [4.69, 9.17) is 4.74 Å². The summed E-state index contributed by atoms with van der Waals surface area (Å²) in [6, 6.07) is 0. The van der Waals surface area contributed by atoms with Crippen molar-refractivity contribution < 1.29 is 14.3 Å². The zero-order chi connectivity index (χ0) is 13.0. The summed E-state index contributed by atoms with van der Waals surface area (Å²) >= 11 is 1.42. The van der Waals surface area contributed by atoms with Gasteiger partial charge in [0.1, 0.15) is 5.69 Å². The molecule has 0 fully saturated rings. The second-order valence-corrected chi connectivity index (χ2v) is 5.05. The van der Waals surface area contributed by atoms with Crippen molar-refractivity contribution in [3.8, 4) is 0 Å². The number of hydrogen-bond donors (Lipinski definition) is 1. The molecular formula is C12H14N2O3S. The maximum atomic E-state index is 12.0. The number of H-pyrrole nitrogens is 1. The molecule has 1 aromatic rings. The average Bonchev–Trinajstić information content (AvgIpc) is 2.84. The predicted octanol–water partition coefficient (Wildman–Crippen LogP) is 1.83. The van der Waals surface area contributed by atoms with Crippen LogP contribution in [0.2, 0.25) is 0 Å². The highest BCUT2D eigenvalue weighted by molar-refractivity contribution is 8.04. The van der Waals surface area contributed by atoms with Gasteiger partial charge in [-0.2, -0.15) is 5.10 Å². The Bertz CT molecular complexity index is 493. The van der Waals surface area contributed by atoms with Gasteiger partial charge >= 0.3 is 0 Å². The number of carbonyl (C=O) groups is 2. The van der Waals surface area contributed by atoms with Gasteiger partial charge in [0.05, 0.1) is 16.7 Å². The third-order valence-corrected chi connectivity index (χ3v) is 3.72. The van der Waals surface area contributed by atoms with Crippen LogP contribution in [-0.2, 0) is 4.74 Å². The van der Waals surface area contributed by atoms with Gasteiger partial charge in [-0.25, -0.2) is 0 Å². The van der Waals surface area contributed by atoms with Crippen LogP contribution in [0.1, 0.15) is 33.7 Å². The van der Waals surface area contributed by atoms with E-state index in [2.05, 4.69) is 10.2 Å². The standard InChI is InChI=1S/C12H14N2O3S/c1-17-4-2-3-5-18-10-6-9(15)11-8(12(10)16)7-13-14-11/h6-7H,2-5H2,1H3,(H,13,14). The molecule has 0 atom stereocenters. The second kappa shape index (κ2) is 5.97. The van der Waals surface area contributed by atoms with Crippen LogP contribution in [-0.4, -0.2) is 41.2 Å². The van der Waals surface area contributed by atoms with Crippen molar-refractivity contribution in [2.45, 2.75) is 12.8 Å². The lowest BCUT2D eigenvalue weighted by molar-refractivity contribution is 0.0989. The Kier molecular flexibility index (Phi) is 4.33. The number of nitrogens with one attached hydrogen (secondary N) is 1. The fourth-order valence-corrected chi connectivity index (χ4v) is 2.67. The van der Waals surface area contributed by atoms with Crippen molar-refractivity contribution in [3.05, 3.63) is 28.4 Å². The Morgan fingerprint density at radius 2 is 2.22 bits per heavy atom. The Morgan fingerprint density at radius 1 is 1.39 bits per heavy atom. The summed E-state index contributed by atoms with van der Waals surface area (Å²) in [5.74, 6) is 0.512. The molecule has 0 amide bonds. The van der Waals surface area contributed by atoms with E-state index in [0.29, 0.717) is 16.2 Å². The molecule has 1 heterocycles. The minimum Gasteiger partial charge on any atom is -0.385 e. The molecule has 1 aliphatic rings. The number of methoxy groups -OCH3 is 1. The van der Waals surface area contributed by atoms with Crippen LogP contribution < -0.4 is 0 Å². The Labute approximate surface area is 109 Å². The molecule has 1 aliphatic carbocycles. The number of hydrogen-bond acceptors (Lipinski definition) is 5. The van der Waals surface area contributed by atoms with Crippen LogP contribution in [0.15, 0.2) is 17.2 Å². The molecule has 18 heavy (non-hydrogen) atoms. The smallest absolute Gasteiger partial charge is 0.205 e. The summed E-state index contributed by atoms with van der Waals surface area (Å²) in [7, 11) is 1.67. The van der Waals surface area contributed by atoms with Crippen LogP contribution in [0.3, 0.4) is 0 Å². The zero-order valence-electron chi connectivity index (χ0n) is 10.1. The zero-order valence-corrected chi connectivity index (χ0v) is 10.9. The van der Waals surface area contributed by atoms with E-state index in [-0.39, 0.29) is 11.6 Å². The number of allylic oxidation sites excluding steroid dienone is 2. The van der Waals surface area contributed by atoms with E-state index < -0.39 is 0 Å². The summed E-state index contributed by atoms with van der Waals surface area (Å²) < 4.78 is 4.95. The van der Waals surface area contributed by atoms with Crippen molar-refractivity contribution in [2.24, 2.45) is 0 Å². The molecule has 0 spiro atoms. The van der Waals surface area contributed by atoms with Gasteiger partial charge in [-0.05, 0) is 18.6 Å². The number of carbonyl (C=O) groups excluding carboxylic acids is 2. The van der Waals surface area contributed by atoms with Gasteiger partial charge in [-0.1, -0.05) is 0 Å². The number of ketones is 2. The highest BCUT2D eigenvalue weighted by Crippen LogP contribution is 2.27. The minimum absolute atomic E-state index is 0.116. The number of nitrogens with zero attached hydrogens (tertiary/aromatic N) is 1. The summed E-state index contributed by atoms with van der Waals surface area (Å²) in [6.07, 6.45) is 4.71. The van der Waals surface area contributed by atoms with Crippen LogP contribution >= 0.6 is 11.8 Å². The van der Waals surface area contributed by atoms with Gasteiger partial charge < -0.3 is 4.74 Å². The van der Waals surface area contributed by atoms with Crippen molar-refractivity contribution in [1.82, 2.24) is 10.2 Å². The van der Waals surface area contributed by atoms with Crippen LogP contribution in [0, 0.1) is 0 Å². The molecule has 0 unspecified atom stereocenters. The molecule has 0 saturated carbocycles. The maximum absolute atomic E-state index is 12.0. The lowest BCUT2D eigenvalue weighted by Gasteiger charge is -2.10. The number of fused-ring (bicyclic) bond motifs is 1. The van der Waals surface area contributed by atoms with Gasteiger partial charge in [0.25, 0.3) is 0 Å². The summed E-state index contributed by atoms with van der Waals surface area (Å²) in [5, 5.41) is 6.29. The van der Waals surface area contributed by atoms with Crippen LogP contribution in [0.25, 0.3) is 0 Å². The van der Waals surface area contributed by atoms with Crippen LogP contribution in [0.5, 0.6) is 0 Å². The number of unbranched alkanes of at least 4 members (excludes halogenated alkanes) is 1. The quantitative estimate of drug-likeness (QED) is 0.795. The largest absolute Gasteiger partial charge is 0.385 e. The molecule has 1 aromatic heterocycles. The molecular weight excluding hydrogens is 252 g/mol. The molecule has 2 rings (SSSR count). The fourth-order valence-electron chi connectivity index (χ4n) is 1.67. The van der Waals surface area contributed by atoms with Gasteiger partial charge in [-0.15, -0.1) is 11.8 Å². The molecule has 0 bridgehead atoms. The molecule has 1 N–H and O–H groups in total. The van der Waals surface area contributed by atoms with Crippen molar-refractivity contribution in [1.29, 1.82) is 0 Å². The van der Waals surface area contributed by atoms with E-state index in [0.717, 1.165) is 25.2 Å². The van der Waals surface area contributed by atoms with E-state index in [1.54, 1.807) is 7.11 Å². The summed E-state index contributed by atoms with van der Waals surface area (Å²) in [6.45, 7) is 0.721.